The summed E-state index contributed by atoms with van der Waals surface area (Å²) < 4.78 is 50.5. The van der Waals surface area contributed by atoms with Crippen LogP contribution in [0.25, 0.3) is 156 Å². The second kappa shape index (κ2) is 23.2. The lowest BCUT2D eigenvalue weighted by Crippen LogP contribution is -2.08. The van der Waals surface area contributed by atoms with Crippen LogP contribution in [0.15, 0.2) is 298 Å². The number of aromatic nitrogens is 6. The molecule has 16 aromatic rings. The molecule has 8 nitrogen and oxygen atoms in total. The van der Waals surface area contributed by atoms with E-state index < -0.39 is 11.7 Å². The number of benzene rings is 10. The molecule has 6 heterocycles. The van der Waals surface area contributed by atoms with Crippen LogP contribution < -0.4 is 0 Å². The first kappa shape index (κ1) is 56.4. The van der Waals surface area contributed by atoms with Crippen molar-refractivity contribution in [2.75, 3.05) is 0 Å². The van der Waals surface area contributed by atoms with Crippen molar-refractivity contribution in [3.8, 4) is 124 Å². The van der Waals surface area contributed by atoms with Gasteiger partial charge in [0.2, 0.25) is 0 Å². The maximum Gasteiger partial charge on any atom is 0.416 e. The van der Waals surface area contributed by atoms with Crippen molar-refractivity contribution in [2.45, 2.75) is 6.18 Å². The van der Waals surface area contributed by atoms with Crippen LogP contribution in [-0.4, -0.2) is 29.1 Å². The summed E-state index contributed by atoms with van der Waals surface area (Å²) in [4.78, 5) is 19.6. The Kier molecular flexibility index (Phi) is 13.9. The maximum atomic E-state index is 15.5. The summed E-state index contributed by atoms with van der Waals surface area (Å²) in [5, 5.41) is 25.3. The number of halogens is 3. The van der Waals surface area contributed by atoms with Gasteiger partial charge in [0.15, 0.2) is 0 Å². The van der Waals surface area contributed by atoms with Gasteiger partial charge >= 0.3 is 6.18 Å². The quantitative estimate of drug-likeness (QED) is 0.128. The SMILES string of the molecule is N#Cc1cc(-c2c(-n3c4ccc(-c5ccc(-c6ccccc6)nc5)cc4c4cc(-c5ccc(-c6ccccc6)nc5)ccc43)cc(C#N)cc2-n2c3ccc(-c4ccc(-c5ccccc5)nc4)cc3c3cc(-c4ccc(-c5ccccc5)nc4)ccc32)cc(C(F)(F)F)c1. The van der Waals surface area contributed by atoms with Crippen LogP contribution in [0.2, 0.25) is 0 Å². The van der Waals surface area contributed by atoms with Gasteiger partial charge in [-0.25, -0.2) is 0 Å². The molecular formula is C83H49F3N8. The Balaban J connectivity index is 0.954. The van der Waals surface area contributed by atoms with Crippen LogP contribution in [0, 0.1) is 22.7 Å². The van der Waals surface area contributed by atoms with Crippen molar-refractivity contribution in [1.29, 1.82) is 10.5 Å². The van der Waals surface area contributed by atoms with E-state index in [1.165, 1.54) is 6.07 Å². The van der Waals surface area contributed by atoms with E-state index >= 15 is 13.2 Å². The number of rotatable bonds is 11. The van der Waals surface area contributed by atoms with E-state index in [1.54, 1.807) is 12.1 Å². The van der Waals surface area contributed by atoms with Gasteiger partial charge in [0.05, 0.1) is 85.0 Å². The molecule has 0 aliphatic carbocycles. The van der Waals surface area contributed by atoms with Crippen molar-refractivity contribution in [3.63, 3.8) is 0 Å². The second-order valence-electron chi connectivity index (χ2n) is 23.2. The van der Waals surface area contributed by atoms with Gasteiger partial charge in [0.1, 0.15) is 0 Å². The first-order valence-electron chi connectivity index (χ1n) is 30.6. The molecule has 11 heteroatoms. The van der Waals surface area contributed by atoms with Gasteiger partial charge in [0.25, 0.3) is 0 Å². The van der Waals surface area contributed by atoms with Crippen molar-refractivity contribution in [1.82, 2.24) is 29.1 Å². The van der Waals surface area contributed by atoms with Gasteiger partial charge in [0, 0.05) is 96.4 Å². The van der Waals surface area contributed by atoms with Crippen LogP contribution in [0.1, 0.15) is 16.7 Å². The molecule has 94 heavy (non-hydrogen) atoms. The summed E-state index contributed by atoms with van der Waals surface area (Å²) in [7, 11) is 0. The van der Waals surface area contributed by atoms with E-state index in [-0.39, 0.29) is 16.7 Å². The maximum absolute atomic E-state index is 15.5. The number of nitrogens with zero attached hydrogens (tertiary/aromatic N) is 8. The molecule has 0 aliphatic rings. The molecule has 0 amide bonds. The third kappa shape index (κ3) is 10.3. The minimum atomic E-state index is -4.83. The minimum Gasteiger partial charge on any atom is -0.308 e. The lowest BCUT2D eigenvalue weighted by molar-refractivity contribution is -0.137. The molecule has 442 valence electrons. The Morgan fingerprint density at radius 2 is 0.564 bits per heavy atom. The predicted molar refractivity (Wildman–Crippen MR) is 370 cm³/mol. The van der Waals surface area contributed by atoms with Gasteiger partial charge in [-0.3, -0.25) is 19.9 Å². The zero-order valence-corrected chi connectivity index (χ0v) is 50.0. The predicted octanol–water partition coefficient (Wildman–Crippen LogP) is 21.2. The molecule has 0 N–H and O–H groups in total. The van der Waals surface area contributed by atoms with E-state index in [4.69, 9.17) is 19.9 Å². The molecule has 0 fully saturated rings. The molecule has 0 spiro atoms. The Hall–Kier alpha value is -12.8. The van der Waals surface area contributed by atoms with E-state index in [1.807, 2.05) is 228 Å². The third-order valence-electron chi connectivity index (χ3n) is 17.6. The molecule has 6 aromatic heterocycles. The van der Waals surface area contributed by atoms with Gasteiger partial charge in [-0.1, -0.05) is 170 Å². The fourth-order valence-corrected chi connectivity index (χ4v) is 13.0. The number of hydrogen-bond acceptors (Lipinski definition) is 6. The summed E-state index contributed by atoms with van der Waals surface area (Å²) >= 11 is 0. The summed E-state index contributed by atoms with van der Waals surface area (Å²) in [5.74, 6) is 0. The number of alkyl halides is 3. The molecule has 16 rings (SSSR count). The zero-order chi connectivity index (χ0) is 63.4. The summed E-state index contributed by atoms with van der Waals surface area (Å²) in [5.41, 5.74) is 17.5. The molecule has 0 aliphatic heterocycles. The van der Waals surface area contributed by atoms with Gasteiger partial charge < -0.3 is 9.13 Å². The summed E-state index contributed by atoms with van der Waals surface area (Å²) in [6.07, 6.45) is 2.63. The Bertz CT molecular complexity index is 5090. The van der Waals surface area contributed by atoms with Crippen molar-refractivity contribution in [2.24, 2.45) is 0 Å². The van der Waals surface area contributed by atoms with Gasteiger partial charge in [-0.05, 0) is 131 Å². The molecule has 0 saturated heterocycles. The molecule has 0 unspecified atom stereocenters. The minimum absolute atomic E-state index is 0.121. The van der Waals surface area contributed by atoms with E-state index in [0.717, 1.165) is 123 Å². The van der Waals surface area contributed by atoms with E-state index in [0.29, 0.717) is 39.0 Å². The molecule has 0 saturated carbocycles. The molecule has 0 bridgehead atoms. The van der Waals surface area contributed by atoms with Crippen LogP contribution in [0.4, 0.5) is 13.2 Å². The van der Waals surface area contributed by atoms with Crippen molar-refractivity contribution >= 4 is 43.6 Å². The molecule has 10 aromatic carbocycles. The van der Waals surface area contributed by atoms with Gasteiger partial charge in [-0.2, -0.15) is 23.7 Å². The van der Waals surface area contributed by atoms with E-state index in [2.05, 4.69) is 60.7 Å². The van der Waals surface area contributed by atoms with Crippen molar-refractivity contribution < 1.29 is 13.2 Å². The molecular weight excluding hydrogens is 1170 g/mol. The third-order valence-corrected chi connectivity index (χ3v) is 17.6. The zero-order valence-electron chi connectivity index (χ0n) is 50.0. The van der Waals surface area contributed by atoms with Crippen LogP contribution >= 0.6 is 0 Å². The largest absolute Gasteiger partial charge is 0.416 e. The second-order valence-corrected chi connectivity index (χ2v) is 23.2. The lowest BCUT2D eigenvalue weighted by atomic mass is 9.94. The fraction of sp³-hybridized carbons (Fsp3) is 0.0120. The summed E-state index contributed by atoms with van der Waals surface area (Å²) in [6, 6.07) is 92.3. The van der Waals surface area contributed by atoms with Crippen LogP contribution in [0.5, 0.6) is 0 Å². The standard InChI is InChI=1S/C83H49F3N8/c84-83(85,86)67-38-52(46-87)37-66(41-67)82-80(93-76-33-25-58(62-21-29-72(89-48-62)54-13-5-1-6-14-54)42-68(76)69-43-59(26-34-77(69)93)63-22-30-73(90-49-63)55-15-7-2-8-16-55)39-53(47-88)40-81(82)94-78-35-27-60(64-23-31-74(91-50-64)56-17-9-3-10-18-56)44-70(78)71-45-61(28-36-79(71)94)65-24-32-75(92-51-65)57-19-11-4-12-20-57/h1-45,48-51H. The molecule has 0 radical (unpaired) electrons. The highest BCUT2D eigenvalue weighted by molar-refractivity contribution is 6.14. The number of fused-ring (bicyclic) bond motifs is 6. The van der Waals surface area contributed by atoms with Crippen LogP contribution in [0.3, 0.4) is 0 Å². The van der Waals surface area contributed by atoms with Crippen molar-refractivity contribution in [3.05, 3.63) is 314 Å². The Morgan fingerprint density at radius 1 is 0.277 bits per heavy atom. The van der Waals surface area contributed by atoms with Gasteiger partial charge in [-0.15, -0.1) is 0 Å². The number of hydrogen-bond donors (Lipinski definition) is 0. The highest BCUT2D eigenvalue weighted by Gasteiger charge is 2.33. The summed E-state index contributed by atoms with van der Waals surface area (Å²) in [6.45, 7) is 0. The number of pyridine rings is 4. The average molecular weight is 1220 g/mol. The van der Waals surface area contributed by atoms with E-state index in [9.17, 15) is 10.5 Å². The Morgan fingerprint density at radius 3 is 0.830 bits per heavy atom. The highest BCUT2D eigenvalue weighted by Crippen LogP contribution is 2.47. The number of nitriles is 2. The monoisotopic (exact) mass is 1210 g/mol. The average Bonchev–Trinajstić information content (AvgIpc) is 1.53. The Labute approximate surface area is 538 Å². The first-order chi connectivity index (χ1) is 46.1. The topological polar surface area (TPSA) is 109 Å². The first-order valence-corrected chi connectivity index (χ1v) is 30.6. The lowest BCUT2D eigenvalue weighted by Gasteiger charge is -2.22. The smallest absolute Gasteiger partial charge is 0.308 e. The van der Waals surface area contributed by atoms with Crippen LogP contribution in [-0.2, 0) is 6.18 Å². The molecule has 0 atom stereocenters. The fourth-order valence-electron chi connectivity index (χ4n) is 13.0. The highest BCUT2D eigenvalue weighted by atomic mass is 19.4. The normalized spacial score (nSPS) is 11.5.